The topological polar surface area (TPSA) is 55.1 Å². The van der Waals surface area contributed by atoms with Crippen molar-refractivity contribution in [2.24, 2.45) is 5.73 Å². The Morgan fingerprint density at radius 2 is 2.05 bits per heavy atom. The Balaban J connectivity index is 1.72. The summed E-state index contributed by atoms with van der Waals surface area (Å²) >= 11 is 0. The smallest absolute Gasteiger partial charge is 0.221 e. The van der Waals surface area contributed by atoms with Crippen LogP contribution in [-0.2, 0) is 11.2 Å². The van der Waals surface area contributed by atoms with Crippen LogP contribution in [0.15, 0.2) is 24.3 Å². The monoisotopic (exact) mass is 274 g/mol. The number of hydrogen-bond acceptors (Lipinski definition) is 2. The van der Waals surface area contributed by atoms with E-state index < -0.39 is 0 Å². The van der Waals surface area contributed by atoms with Crippen molar-refractivity contribution >= 4 is 5.91 Å². The van der Waals surface area contributed by atoms with Gasteiger partial charge in [0.25, 0.3) is 0 Å². The summed E-state index contributed by atoms with van der Waals surface area (Å²) in [6.45, 7) is 2.78. The van der Waals surface area contributed by atoms with E-state index in [1.165, 1.54) is 17.5 Å². The number of rotatable bonds is 5. The van der Waals surface area contributed by atoms with Gasteiger partial charge in [0, 0.05) is 18.5 Å². The molecule has 0 atom stereocenters. The summed E-state index contributed by atoms with van der Waals surface area (Å²) in [5.74, 6) is 0.0991. The van der Waals surface area contributed by atoms with Gasteiger partial charge in [0.2, 0.25) is 5.91 Å². The normalized spacial score (nSPS) is 17.7. The second kappa shape index (κ2) is 6.89. The highest BCUT2D eigenvalue weighted by Crippen LogP contribution is 2.28. The molecule has 3 heteroatoms. The molecule has 20 heavy (non-hydrogen) atoms. The number of carbonyl (C=O) groups is 1. The van der Waals surface area contributed by atoms with Gasteiger partial charge in [0.15, 0.2) is 0 Å². The molecule has 1 amide bonds. The van der Waals surface area contributed by atoms with Crippen molar-refractivity contribution < 1.29 is 4.79 Å². The Bertz CT molecular complexity index is 450. The predicted octanol–water partition coefficient (Wildman–Crippen LogP) is 2.71. The summed E-state index contributed by atoms with van der Waals surface area (Å²) in [4.78, 5) is 12.0. The Hall–Kier alpha value is -1.35. The van der Waals surface area contributed by atoms with Gasteiger partial charge in [-0.3, -0.25) is 4.79 Å². The minimum Gasteiger partial charge on any atom is -0.356 e. The van der Waals surface area contributed by atoms with Gasteiger partial charge in [-0.25, -0.2) is 0 Å². The van der Waals surface area contributed by atoms with Crippen molar-refractivity contribution in [2.75, 3.05) is 6.54 Å². The molecule has 2 rings (SSSR count). The van der Waals surface area contributed by atoms with Crippen LogP contribution in [0.3, 0.4) is 0 Å². The van der Waals surface area contributed by atoms with Crippen LogP contribution in [0.5, 0.6) is 0 Å². The second-order valence-corrected chi connectivity index (χ2v) is 6.19. The Kier molecular flexibility index (Phi) is 5.18. The van der Waals surface area contributed by atoms with E-state index in [4.69, 9.17) is 5.73 Å². The van der Waals surface area contributed by atoms with Gasteiger partial charge >= 0.3 is 0 Å². The quantitative estimate of drug-likeness (QED) is 0.867. The highest BCUT2D eigenvalue weighted by atomic mass is 16.1. The Morgan fingerprint density at radius 1 is 1.30 bits per heavy atom. The van der Waals surface area contributed by atoms with E-state index in [0.717, 1.165) is 32.1 Å². The summed E-state index contributed by atoms with van der Waals surface area (Å²) in [6, 6.07) is 8.41. The first-order valence-corrected chi connectivity index (χ1v) is 7.69. The van der Waals surface area contributed by atoms with Crippen LogP contribution in [0.25, 0.3) is 0 Å². The summed E-state index contributed by atoms with van der Waals surface area (Å²) in [6.07, 6.45) is 6.90. The molecule has 1 aliphatic rings. The van der Waals surface area contributed by atoms with E-state index >= 15 is 0 Å². The number of carbonyl (C=O) groups excluding carboxylic acids is 1. The van der Waals surface area contributed by atoms with Crippen LogP contribution in [-0.4, -0.2) is 18.0 Å². The Labute approximate surface area is 121 Å². The molecule has 1 aromatic rings. The number of aryl methyl sites for hydroxylation is 1. The number of amides is 1. The van der Waals surface area contributed by atoms with Crippen LogP contribution in [0, 0.1) is 6.92 Å². The van der Waals surface area contributed by atoms with E-state index in [-0.39, 0.29) is 11.4 Å². The predicted molar refractivity (Wildman–Crippen MR) is 82.5 cm³/mol. The van der Waals surface area contributed by atoms with Crippen molar-refractivity contribution in [3.63, 3.8) is 0 Å². The average Bonchev–Trinajstić information content (AvgIpc) is 2.39. The molecule has 0 heterocycles. The first-order valence-electron chi connectivity index (χ1n) is 7.69. The number of hydrogen-bond donors (Lipinski definition) is 2. The highest BCUT2D eigenvalue weighted by molar-refractivity contribution is 5.77. The second-order valence-electron chi connectivity index (χ2n) is 6.19. The zero-order chi connectivity index (χ0) is 14.4. The van der Waals surface area contributed by atoms with Gasteiger partial charge in [-0.15, -0.1) is 0 Å². The zero-order valence-corrected chi connectivity index (χ0v) is 12.5. The highest BCUT2D eigenvalue weighted by Gasteiger charge is 2.29. The fourth-order valence-electron chi connectivity index (χ4n) is 3.03. The molecule has 0 saturated heterocycles. The van der Waals surface area contributed by atoms with E-state index in [1.54, 1.807) is 0 Å². The molecule has 110 valence electrons. The number of nitrogens with one attached hydrogen (secondary N) is 1. The van der Waals surface area contributed by atoms with Crippen LogP contribution in [0.2, 0.25) is 0 Å². The van der Waals surface area contributed by atoms with Crippen LogP contribution in [0.4, 0.5) is 0 Å². The molecule has 1 fully saturated rings. The lowest BCUT2D eigenvalue weighted by molar-refractivity contribution is -0.122. The van der Waals surface area contributed by atoms with Gasteiger partial charge in [-0.1, -0.05) is 49.1 Å². The lowest BCUT2D eigenvalue weighted by Gasteiger charge is -2.32. The van der Waals surface area contributed by atoms with E-state index in [2.05, 4.69) is 36.5 Å². The standard InChI is InChI=1S/C17H26N2O/c1-14-6-5-7-15(12-14)8-11-19-16(20)13-17(18)9-3-2-4-10-17/h5-7,12H,2-4,8-11,13,18H2,1H3,(H,19,20). The molecule has 0 unspecified atom stereocenters. The van der Waals surface area contributed by atoms with E-state index in [1.807, 2.05) is 0 Å². The maximum Gasteiger partial charge on any atom is 0.221 e. The van der Waals surface area contributed by atoms with Crippen LogP contribution in [0.1, 0.15) is 49.7 Å². The van der Waals surface area contributed by atoms with Gasteiger partial charge in [0.05, 0.1) is 0 Å². The van der Waals surface area contributed by atoms with Gasteiger partial charge in [-0.05, 0) is 31.7 Å². The van der Waals surface area contributed by atoms with Crippen molar-refractivity contribution in [2.45, 2.75) is 57.4 Å². The van der Waals surface area contributed by atoms with Crippen LogP contribution >= 0.6 is 0 Å². The molecular weight excluding hydrogens is 248 g/mol. The zero-order valence-electron chi connectivity index (χ0n) is 12.5. The van der Waals surface area contributed by atoms with Gasteiger partial charge < -0.3 is 11.1 Å². The maximum absolute atomic E-state index is 12.0. The third-order valence-electron chi connectivity index (χ3n) is 4.18. The molecule has 0 spiro atoms. The number of nitrogens with two attached hydrogens (primary N) is 1. The number of benzene rings is 1. The molecule has 0 radical (unpaired) electrons. The van der Waals surface area contributed by atoms with E-state index in [0.29, 0.717) is 13.0 Å². The first kappa shape index (κ1) is 15.0. The first-order chi connectivity index (χ1) is 9.57. The molecular formula is C17H26N2O. The lowest BCUT2D eigenvalue weighted by atomic mass is 9.80. The van der Waals surface area contributed by atoms with Crippen molar-refractivity contribution in [3.05, 3.63) is 35.4 Å². The maximum atomic E-state index is 12.0. The summed E-state index contributed by atoms with van der Waals surface area (Å²) in [7, 11) is 0. The lowest BCUT2D eigenvalue weighted by Crippen LogP contribution is -2.46. The SMILES string of the molecule is Cc1cccc(CCNC(=O)CC2(N)CCCCC2)c1. The summed E-state index contributed by atoms with van der Waals surface area (Å²) in [5, 5.41) is 3.00. The minimum absolute atomic E-state index is 0.0991. The largest absolute Gasteiger partial charge is 0.356 e. The third-order valence-corrected chi connectivity index (χ3v) is 4.18. The van der Waals surface area contributed by atoms with Gasteiger partial charge in [0.1, 0.15) is 0 Å². The van der Waals surface area contributed by atoms with E-state index in [9.17, 15) is 4.79 Å². The third kappa shape index (κ3) is 4.64. The Morgan fingerprint density at radius 3 is 2.75 bits per heavy atom. The fourth-order valence-corrected chi connectivity index (χ4v) is 3.03. The summed E-state index contributed by atoms with van der Waals surface area (Å²) in [5.41, 5.74) is 8.57. The van der Waals surface area contributed by atoms with Crippen molar-refractivity contribution in [3.8, 4) is 0 Å². The molecule has 3 N–H and O–H groups in total. The van der Waals surface area contributed by atoms with Gasteiger partial charge in [-0.2, -0.15) is 0 Å². The molecule has 1 aromatic carbocycles. The summed E-state index contributed by atoms with van der Waals surface area (Å²) < 4.78 is 0. The minimum atomic E-state index is -0.258. The average molecular weight is 274 g/mol. The van der Waals surface area contributed by atoms with Crippen molar-refractivity contribution in [1.82, 2.24) is 5.32 Å². The molecule has 0 aliphatic heterocycles. The van der Waals surface area contributed by atoms with Crippen LogP contribution < -0.4 is 11.1 Å². The molecule has 0 bridgehead atoms. The fraction of sp³-hybridized carbons (Fsp3) is 0.588. The molecule has 1 aliphatic carbocycles. The molecule has 1 saturated carbocycles. The molecule has 0 aromatic heterocycles. The molecule has 3 nitrogen and oxygen atoms in total. The van der Waals surface area contributed by atoms with Crippen molar-refractivity contribution in [1.29, 1.82) is 0 Å².